The van der Waals surface area contributed by atoms with Gasteiger partial charge in [0.2, 0.25) is 0 Å². The van der Waals surface area contributed by atoms with Crippen LogP contribution in [0.5, 0.6) is 5.75 Å². The van der Waals surface area contributed by atoms with E-state index in [9.17, 15) is 0 Å². The lowest BCUT2D eigenvalue weighted by molar-refractivity contribution is 0.345. The van der Waals surface area contributed by atoms with Crippen molar-refractivity contribution in [3.05, 3.63) is 89.1 Å². The van der Waals surface area contributed by atoms with E-state index in [1.807, 2.05) is 48.2 Å². The Labute approximate surface area is 158 Å². The van der Waals surface area contributed by atoms with E-state index in [4.69, 9.17) is 27.9 Å². The normalized spacial score (nSPS) is 11.6. The molecule has 0 bridgehead atoms. The molecule has 0 saturated heterocycles. The summed E-state index contributed by atoms with van der Waals surface area (Å²) < 4.78 is 5.97. The van der Waals surface area contributed by atoms with Gasteiger partial charge in [-0.3, -0.25) is 0 Å². The number of benzene rings is 2. The molecular formula is C20H20Cl2N2O. The monoisotopic (exact) mass is 374 g/mol. The molecule has 0 N–H and O–H groups in total. The molecule has 0 aliphatic heterocycles. The van der Waals surface area contributed by atoms with Crippen LogP contribution in [0, 0.1) is 0 Å². The molecule has 0 aliphatic carbocycles. The minimum atomic E-state index is 0.484. The number of aliphatic imine (C=N–C) groups is 1. The van der Waals surface area contributed by atoms with Gasteiger partial charge in [0.1, 0.15) is 5.75 Å². The molecular weight excluding hydrogens is 355 g/mol. The SMILES string of the molecule is C=C/C=C/N=C(Oc1cccc(Cl)c1)N(CC)Cc1ccc(Cl)cc1. The van der Waals surface area contributed by atoms with Crippen molar-refractivity contribution >= 4 is 29.2 Å². The van der Waals surface area contributed by atoms with Gasteiger partial charge < -0.3 is 9.64 Å². The molecule has 0 aliphatic rings. The maximum Gasteiger partial charge on any atom is 0.297 e. The smallest absolute Gasteiger partial charge is 0.297 e. The van der Waals surface area contributed by atoms with Crippen molar-refractivity contribution in [2.24, 2.45) is 4.99 Å². The topological polar surface area (TPSA) is 24.8 Å². The van der Waals surface area contributed by atoms with E-state index in [0.29, 0.717) is 28.4 Å². The van der Waals surface area contributed by atoms with Gasteiger partial charge in [-0.25, -0.2) is 4.99 Å². The maximum absolute atomic E-state index is 6.04. The first-order chi connectivity index (χ1) is 12.1. The first-order valence-corrected chi connectivity index (χ1v) is 8.66. The maximum atomic E-state index is 6.04. The summed E-state index contributed by atoms with van der Waals surface area (Å²) in [5, 5.41) is 1.32. The van der Waals surface area contributed by atoms with Crippen molar-refractivity contribution in [3.63, 3.8) is 0 Å². The number of allylic oxidation sites excluding steroid dienone is 2. The zero-order chi connectivity index (χ0) is 18.1. The van der Waals surface area contributed by atoms with Gasteiger partial charge in [-0.05, 0) is 48.9 Å². The predicted molar refractivity (Wildman–Crippen MR) is 106 cm³/mol. The quantitative estimate of drug-likeness (QED) is 0.354. The first kappa shape index (κ1) is 19.1. The standard InChI is InChI=1S/C20H20Cl2N2O/c1-3-5-13-23-20(25-19-8-6-7-18(22)14-19)24(4-2)15-16-9-11-17(21)12-10-16/h3,5-14H,1,4,15H2,2H3/b13-5+,23-20?. The number of halogens is 2. The second-order valence-electron chi connectivity index (χ2n) is 5.19. The van der Waals surface area contributed by atoms with E-state index in [1.165, 1.54) is 0 Å². The Balaban J connectivity index is 2.24. The fourth-order valence-corrected chi connectivity index (χ4v) is 2.41. The number of hydrogen-bond acceptors (Lipinski definition) is 2. The second-order valence-corrected chi connectivity index (χ2v) is 6.06. The molecule has 0 spiro atoms. The van der Waals surface area contributed by atoms with Gasteiger partial charge in [-0.15, -0.1) is 0 Å². The summed E-state index contributed by atoms with van der Waals surface area (Å²) in [5.74, 6) is 0.632. The largest absolute Gasteiger partial charge is 0.426 e. The average molecular weight is 375 g/mol. The van der Waals surface area contributed by atoms with Crippen molar-refractivity contribution < 1.29 is 4.74 Å². The van der Waals surface area contributed by atoms with Crippen LogP contribution in [0.15, 0.2) is 78.5 Å². The van der Waals surface area contributed by atoms with Crippen LogP contribution in [0.4, 0.5) is 0 Å². The average Bonchev–Trinajstić information content (AvgIpc) is 2.61. The van der Waals surface area contributed by atoms with E-state index >= 15 is 0 Å². The van der Waals surface area contributed by atoms with Crippen LogP contribution in [0.3, 0.4) is 0 Å². The molecule has 2 aromatic carbocycles. The molecule has 0 fully saturated rings. The molecule has 0 aromatic heterocycles. The Morgan fingerprint density at radius 2 is 1.92 bits per heavy atom. The fourth-order valence-electron chi connectivity index (χ4n) is 2.10. The van der Waals surface area contributed by atoms with Gasteiger partial charge in [0.25, 0.3) is 6.02 Å². The Morgan fingerprint density at radius 1 is 1.16 bits per heavy atom. The van der Waals surface area contributed by atoms with Gasteiger partial charge in [-0.2, -0.15) is 0 Å². The summed E-state index contributed by atoms with van der Waals surface area (Å²) in [6.45, 7) is 7.07. The first-order valence-electron chi connectivity index (χ1n) is 7.90. The highest BCUT2D eigenvalue weighted by Crippen LogP contribution is 2.19. The summed E-state index contributed by atoms with van der Waals surface area (Å²) in [6.07, 6.45) is 5.06. The van der Waals surface area contributed by atoms with Crippen molar-refractivity contribution in [2.45, 2.75) is 13.5 Å². The summed E-state index contributed by atoms with van der Waals surface area (Å²) in [7, 11) is 0. The number of rotatable bonds is 6. The molecule has 0 saturated carbocycles. The third kappa shape index (κ3) is 6.29. The van der Waals surface area contributed by atoms with Crippen molar-refractivity contribution in [3.8, 4) is 5.75 Å². The van der Waals surface area contributed by atoms with Crippen LogP contribution < -0.4 is 4.74 Å². The summed E-state index contributed by atoms with van der Waals surface area (Å²) in [6, 6.07) is 15.4. The zero-order valence-corrected chi connectivity index (χ0v) is 15.5. The molecule has 0 amide bonds. The Kier molecular flexibility index (Phi) is 7.58. The van der Waals surface area contributed by atoms with Crippen LogP contribution in [0.1, 0.15) is 12.5 Å². The lowest BCUT2D eigenvalue weighted by Crippen LogP contribution is -2.34. The van der Waals surface area contributed by atoms with Crippen molar-refractivity contribution in [1.82, 2.24) is 4.90 Å². The molecule has 5 heteroatoms. The molecule has 25 heavy (non-hydrogen) atoms. The van der Waals surface area contributed by atoms with Crippen molar-refractivity contribution in [2.75, 3.05) is 6.54 Å². The van der Waals surface area contributed by atoms with Gasteiger partial charge in [0, 0.05) is 29.3 Å². The van der Waals surface area contributed by atoms with Gasteiger partial charge in [0.05, 0.1) is 0 Å². The summed E-state index contributed by atoms with van der Waals surface area (Å²) >= 11 is 12.0. The van der Waals surface area contributed by atoms with E-state index in [2.05, 4.69) is 11.6 Å². The molecule has 0 heterocycles. The number of ether oxygens (including phenoxy) is 1. The molecule has 0 unspecified atom stereocenters. The highest BCUT2D eigenvalue weighted by atomic mass is 35.5. The molecule has 130 valence electrons. The molecule has 2 aromatic rings. The third-order valence-corrected chi connectivity index (χ3v) is 3.84. The van der Waals surface area contributed by atoms with Gasteiger partial charge >= 0.3 is 0 Å². The van der Waals surface area contributed by atoms with Crippen LogP contribution in [-0.4, -0.2) is 17.5 Å². The van der Waals surface area contributed by atoms with E-state index in [-0.39, 0.29) is 0 Å². The lowest BCUT2D eigenvalue weighted by Gasteiger charge is -2.24. The second kappa shape index (κ2) is 9.92. The Morgan fingerprint density at radius 3 is 2.56 bits per heavy atom. The van der Waals surface area contributed by atoms with Crippen LogP contribution in [0.25, 0.3) is 0 Å². The Hall–Kier alpha value is -2.23. The highest BCUT2D eigenvalue weighted by molar-refractivity contribution is 6.30. The predicted octanol–water partition coefficient (Wildman–Crippen LogP) is 5.95. The molecule has 2 rings (SSSR count). The number of amidine groups is 1. The van der Waals surface area contributed by atoms with E-state index in [0.717, 1.165) is 12.1 Å². The van der Waals surface area contributed by atoms with Crippen molar-refractivity contribution in [1.29, 1.82) is 0 Å². The van der Waals surface area contributed by atoms with E-state index in [1.54, 1.807) is 30.5 Å². The minimum absolute atomic E-state index is 0.484. The Bertz CT molecular complexity index is 755. The van der Waals surface area contributed by atoms with Crippen LogP contribution in [0.2, 0.25) is 10.0 Å². The number of hydrogen-bond donors (Lipinski definition) is 0. The zero-order valence-electron chi connectivity index (χ0n) is 14.0. The van der Waals surface area contributed by atoms with E-state index < -0.39 is 0 Å². The molecule has 0 atom stereocenters. The summed E-state index contributed by atoms with van der Waals surface area (Å²) in [4.78, 5) is 6.45. The lowest BCUT2D eigenvalue weighted by atomic mass is 10.2. The van der Waals surface area contributed by atoms with Crippen LogP contribution in [-0.2, 0) is 6.54 Å². The fraction of sp³-hybridized carbons (Fsp3) is 0.150. The minimum Gasteiger partial charge on any atom is -0.426 e. The van der Waals surface area contributed by atoms with Gasteiger partial charge in [-0.1, -0.05) is 54.1 Å². The highest BCUT2D eigenvalue weighted by Gasteiger charge is 2.13. The molecule has 0 radical (unpaired) electrons. The summed E-state index contributed by atoms with van der Waals surface area (Å²) in [5.41, 5.74) is 1.11. The molecule has 3 nitrogen and oxygen atoms in total. The number of nitrogens with zero attached hydrogens (tertiary/aromatic N) is 2. The van der Waals surface area contributed by atoms with Crippen LogP contribution >= 0.6 is 23.2 Å². The third-order valence-electron chi connectivity index (χ3n) is 3.35. The van der Waals surface area contributed by atoms with Gasteiger partial charge in [0.15, 0.2) is 0 Å².